The number of hydrogen-bond acceptors (Lipinski definition) is 5. The minimum absolute atomic E-state index is 0.240. The number of amides is 1. The molecule has 22 heavy (non-hydrogen) atoms. The van der Waals surface area contributed by atoms with Crippen LogP contribution in [0.5, 0.6) is 0 Å². The standard InChI is InChI=1S/C14H22N2O5S/c1-4-7-15-12(17)11-10(2)13(18)21-14(11)5-8-16(9-6-14)22(3,19)20/h4-9H2,1-3H3,(H,15,17). The summed E-state index contributed by atoms with van der Waals surface area (Å²) in [6.07, 6.45) is 2.55. The summed E-state index contributed by atoms with van der Waals surface area (Å²) in [6, 6.07) is 0. The highest BCUT2D eigenvalue weighted by Crippen LogP contribution is 2.41. The Bertz CT molecular complexity index is 615. The molecule has 2 aliphatic heterocycles. The molecule has 1 amide bonds. The van der Waals surface area contributed by atoms with Gasteiger partial charge in [-0.15, -0.1) is 0 Å². The minimum atomic E-state index is -3.27. The Morgan fingerprint density at radius 1 is 1.36 bits per heavy atom. The summed E-state index contributed by atoms with van der Waals surface area (Å²) < 4.78 is 30.0. The fourth-order valence-electron chi connectivity index (χ4n) is 2.98. The first kappa shape index (κ1) is 17.0. The van der Waals surface area contributed by atoms with Crippen LogP contribution in [-0.2, 0) is 24.3 Å². The van der Waals surface area contributed by atoms with E-state index >= 15 is 0 Å². The lowest BCUT2D eigenvalue weighted by atomic mass is 9.83. The third-order valence-electron chi connectivity index (χ3n) is 4.19. The van der Waals surface area contributed by atoms with Crippen molar-refractivity contribution in [2.24, 2.45) is 0 Å². The normalized spacial score (nSPS) is 22.0. The summed E-state index contributed by atoms with van der Waals surface area (Å²) in [5.74, 6) is -0.785. The molecule has 2 aliphatic rings. The highest BCUT2D eigenvalue weighted by atomic mass is 32.2. The fraction of sp³-hybridized carbons (Fsp3) is 0.714. The molecule has 7 nitrogen and oxygen atoms in total. The first-order chi connectivity index (χ1) is 10.2. The molecule has 0 aromatic heterocycles. The summed E-state index contributed by atoms with van der Waals surface area (Å²) in [6.45, 7) is 4.53. The Hall–Kier alpha value is -1.41. The van der Waals surface area contributed by atoms with Gasteiger partial charge in [0.1, 0.15) is 5.60 Å². The van der Waals surface area contributed by atoms with Crippen LogP contribution in [0.4, 0.5) is 0 Å². The van der Waals surface area contributed by atoms with Crippen LogP contribution in [0.3, 0.4) is 0 Å². The Balaban J connectivity index is 2.24. The highest BCUT2D eigenvalue weighted by molar-refractivity contribution is 7.88. The van der Waals surface area contributed by atoms with Crippen LogP contribution in [0, 0.1) is 0 Å². The Kier molecular flexibility index (Phi) is 4.62. The summed E-state index contributed by atoms with van der Waals surface area (Å²) in [5, 5.41) is 2.78. The first-order valence-electron chi connectivity index (χ1n) is 7.39. The number of piperidine rings is 1. The average molecular weight is 330 g/mol. The third kappa shape index (κ3) is 3.03. The van der Waals surface area contributed by atoms with Crippen molar-refractivity contribution >= 4 is 21.9 Å². The van der Waals surface area contributed by atoms with Gasteiger partial charge in [-0.05, 0) is 13.3 Å². The molecule has 124 valence electrons. The second-order valence-corrected chi connectivity index (χ2v) is 7.78. The van der Waals surface area contributed by atoms with E-state index in [0.717, 1.165) is 12.7 Å². The Morgan fingerprint density at radius 3 is 2.45 bits per heavy atom. The molecule has 1 fully saturated rings. The topological polar surface area (TPSA) is 92.8 Å². The van der Waals surface area contributed by atoms with E-state index in [9.17, 15) is 18.0 Å². The maximum Gasteiger partial charge on any atom is 0.335 e. The second-order valence-electron chi connectivity index (χ2n) is 5.80. The van der Waals surface area contributed by atoms with Crippen molar-refractivity contribution in [2.45, 2.75) is 38.7 Å². The molecule has 0 unspecified atom stereocenters. The van der Waals surface area contributed by atoms with Gasteiger partial charge in [-0.2, -0.15) is 0 Å². The van der Waals surface area contributed by atoms with Crippen LogP contribution in [0.25, 0.3) is 0 Å². The van der Waals surface area contributed by atoms with Crippen LogP contribution in [0.15, 0.2) is 11.1 Å². The zero-order chi connectivity index (χ0) is 16.5. The second kappa shape index (κ2) is 6.00. The van der Waals surface area contributed by atoms with E-state index in [2.05, 4.69) is 5.32 Å². The van der Waals surface area contributed by atoms with Crippen LogP contribution >= 0.6 is 0 Å². The predicted molar refractivity (Wildman–Crippen MR) is 80.5 cm³/mol. The SMILES string of the molecule is CCCNC(=O)C1=C(C)C(=O)OC12CCN(S(C)(=O)=O)CC2. The molecule has 2 rings (SSSR count). The zero-order valence-corrected chi connectivity index (χ0v) is 14.0. The lowest BCUT2D eigenvalue weighted by Crippen LogP contribution is -2.50. The van der Waals surface area contributed by atoms with Gasteiger partial charge in [-0.1, -0.05) is 6.92 Å². The van der Waals surface area contributed by atoms with Crippen molar-refractivity contribution in [3.63, 3.8) is 0 Å². The van der Waals surface area contributed by atoms with Gasteiger partial charge in [0, 0.05) is 38.0 Å². The van der Waals surface area contributed by atoms with Gasteiger partial charge < -0.3 is 10.1 Å². The molecular weight excluding hydrogens is 308 g/mol. The number of ether oxygens (including phenoxy) is 1. The van der Waals surface area contributed by atoms with E-state index in [0.29, 0.717) is 30.5 Å². The zero-order valence-electron chi connectivity index (χ0n) is 13.1. The van der Waals surface area contributed by atoms with E-state index in [1.54, 1.807) is 6.92 Å². The van der Waals surface area contributed by atoms with Crippen molar-refractivity contribution < 1.29 is 22.7 Å². The van der Waals surface area contributed by atoms with Gasteiger partial charge in [-0.25, -0.2) is 17.5 Å². The van der Waals surface area contributed by atoms with E-state index < -0.39 is 21.6 Å². The molecule has 1 N–H and O–H groups in total. The lowest BCUT2D eigenvalue weighted by molar-refractivity contribution is -0.150. The van der Waals surface area contributed by atoms with Crippen LogP contribution in [-0.4, -0.2) is 56.1 Å². The number of esters is 1. The molecule has 2 heterocycles. The van der Waals surface area contributed by atoms with Crippen molar-refractivity contribution in [2.75, 3.05) is 25.9 Å². The number of rotatable bonds is 4. The average Bonchev–Trinajstić information content (AvgIpc) is 2.67. The van der Waals surface area contributed by atoms with E-state index in [1.807, 2.05) is 6.92 Å². The lowest BCUT2D eigenvalue weighted by Gasteiger charge is -2.38. The number of carbonyl (C=O) groups is 2. The first-order valence-corrected chi connectivity index (χ1v) is 9.24. The molecular formula is C14H22N2O5S. The largest absolute Gasteiger partial charge is 0.450 e. The van der Waals surface area contributed by atoms with Crippen molar-refractivity contribution in [1.29, 1.82) is 0 Å². The van der Waals surface area contributed by atoms with Crippen molar-refractivity contribution in [3.05, 3.63) is 11.1 Å². The maximum atomic E-state index is 12.4. The van der Waals surface area contributed by atoms with Gasteiger partial charge in [0.05, 0.1) is 11.8 Å². The molecule has 0 atom stereocenters. The van der Waals surface area contributed by atoms with Gasteiger partial charge in [0.2, 0.25) is 10.0 Å². The molecule has 0 radical (unpaired) electrons. The fourth-order valence-corrected chi connectivity index (χ4v) is 3.83. The Morgan fingerprint density at radius 2 is 1.95 bits per heavy atom. The molecule has 0 aliphatic carbocycles. The van der Waals surface area contributed by atoms with Gasteiger partial charge >= 0.3 is 5.97 Å². The molecule has 0 aromatic carbocycles. The highest BCUT2D eigenvalue weighted by Gasteiger charge is 2.51. The van der Waals surface area contributed by atoms with E-state index in [1.165, 1.54) is 4.31 Å². The number of hydrogen-bond donors (Lipinski definition) is 1. The van der Waals surface area contributed by atoms with Crippen LogP contribution in [0.1, 0.15) is 33.1 Å². The third-order valence-corrected chi connectivity index (χ3v) is 5.49. The van der Waals surface area contributed by atoms with Gasteiger partial charge in [-0.3, -0.25) is 4.79 Å². The predicted octanol–water partition coefficient (Wildman–Crippen LogP) is 0.180. The molecule has 0 aromatic rings. The molecule has 0 saturated carbocycles. The molecule has 1 saturated heterocycles. The van der Waals surface area contributed by atoms with E-state index in [-0.39, 0.29) is 19.0 Å². The number of carbonyl (C=O) groups excluding carboxylic acids is 2. The molecule has 0 bridgehead atoms. The molecule has 1 spiro atoms. The monoisotopic (exact) mass is 330 g/mol. The summed E-state index contributed by atoms with van der Waals surface area (Å²) in [7, 11) is -3.27. The van der Waals surface area contributed by atoms with Crippen molar-refractivity contribution in [3.8, 4) is 0 Å². The smallest absolute Gasteiger partial charge is 0.335 e. The van der Waals surface area contributed by atoms with Crippen LogP contribution < -0.4 is 5.32 Å². The van der Waals surface area contributed by atoms with Gasteiger partial charge in [0.15, 0.2) is 0 Å². The number of nitrogens with one attached hydrogen (secondary N) is 1. The maximum absolute atomic E-state index is 12.4. The summed E-state index contributed by atoms with van der Waals surface area (Å²) >= 11 is 0. The van der Waals surface area contributed by atoms with E-state index in [4.69, 9.17) is 4.74 Å². The number of nitrogens with zero attached hydrogens (tertiary/aromatic N) is 1. The number of sulfonamides is 1. The minimum Gasteiger partial charge on any atom is -0.450 e. The summed E-state index contributed by atoms with van der Waals surface area (Å²) in [5.41, 5.74) is -0.305. The quantitative estimate of drug-likeness (QED) is 0.742. The van der Waals surface area contributed by atoms with Crippen molar-refractivity contribution in [1.82, 2.24) is 9.62 Å². The summed E-state index contributed by atoms with van der Waals surface area (Å²) in [4.78, 5) is 24.3. The Labute approximate surface area is 130 Å². The van der Waals surface area contributed by atoms with Crippen LogP contribution in [0.2, 0.25) is 0 Å². The molecule has 8 heteroatoms. The van der Waals surface area contributed by atoms with Gasteiger partial charge in [0.25, 0.3) is 5.91 Å².